The number of benzene rings is 2. The first-order valence-electron chi connectivity index (χ1n) is 11.2. The molecule has 172 valence electrons. The van der Waals surface area contributed by atoms with Crippen molar-refractivity contribution in [3.63, 3.8) is 0 Å². The Balaban J connectivity index is 1.87. The van der Waals surface area contributed by atoms with Crippen molar-refractivity contribution in [2.75, 3.05) is 19.1 Å². The molecule has 1 aliphatic carbocycles. The zero-order valence-electron chi connectivity index (χ0n) is 19.7. The molecule has 3 aliphatic rings. The number of rotatable bonds is 3. The highest BCUT2D eigenvalue weighted by Gasteiger charge is 2.47. The third-order valence-electron chi connectivity index (χ3n) is 6.71. The summed E-state index contributed by atoms with van der Waals surface area (Å²) in [5.41, 5.74) is 10.2. The number of carbonyl (C=O) groups is 1. The van der Waals surface area contributed by atoms with Crippen molar-refractivity contribution in [1.82, 2.24) is 0 Å². The monoisotopic (exact) mass is 454 g/mol. The van der Waals surface area contributed by atoms with E-state index in [0.29, 0.717) is 52.7 Å². The molecule has 2 N–H and O–H groups in total. The van der Waals surface area contributed by atoms with Crippen molar-refractivity contribution in [3.05, 3.63) is 76.3 Å². The van der Waals surface area contributed by atoms with Gasteiger partial charge in [0.25, 0.3) is 0 Å². The largest absolute Gasteiger partial charge is 0.497 e. The molecule has 2 aliphatic heterocycles. The number of Topliss-reactive ketones (excluding diaryl/α,β-unsaturated/α-hetero) is 1. The van der Waals surface area contributed by atoms with Crippen LogP contribution in [0, 0.1) is 16.7 Å². The third-order valence-corrected chi connectivity index (χ3v) is 6.71. The van der Waals surface area contributed by atoms with Crippen LogP contribution in [0.25, 0.3) is 0 Å². The van der Waals surface area contributed by atoms with E-state index in [1.54, 1.807) is 26.4 Å². The van der Waals surface area contributed by atoms with Crippen molar-refractivity contribution in [2.45, 2.75) is 32.6 Å². The number of ether oxygens (including phenoxy) is 2. The van der Waals surface area contributed by atoms with E-state index in [-0.39, 0.29) is 11.2 Å². The van der Waals surface area contributed by atoms with Crippen LogP contribution in [0.3, 0.4) is 0 Å². The standard InChI is InChI=1S/C27H26N4O3/c1-27(2)12-20-24(21(32)13-27)23(17-11-15(33-3)9-10-22(17)34-4)18(14-28)26-30-25(29)16-7-5-6-8-19(16)31(20)26/h5-11,23H,12-13H2,1-4H3,(H2,29,30)/t23-/m0/s1. The van der Waals surface area contributed by atoms with Crippen molar-refractivity contribution in [1.29, 1.82) is 5.26 Å². The van der Waals surface area contributed by atoms with E-state index in [1.165, 1.54) is 0 Å². The molecule has 0 bridgehead atoms. The fourth-order valence-electron chi connectivity index (χ4n) is 5.27. The normalized spacial score (nSPS) is 20.7. The Bertz CT molecular complexity index is 1360. The quantitative estimate of drug-likeness (QED) is 0.737. The van der Waals surface area contributed by atoms with E-state index >= 15 is 0 Å². The first kappa shape index (κ1) is 21.8. The van der Waals surface area contributed by atoms with E-state index in [1.807, 2.05) is 35.2 Å². The van der Waals surface area contributed by atoms with Crippen molar-refractivity contribution >= 4 is 17.3 Å². The van der Waals surface area contributed by atoms with Gasteiger partial charge in [0, 0.05) is 28.8 Å². The van der Waals surface area contributed by atoms with Crippen LogP contribution in [0.1, 0.15) is 43.7 Å². The maximum atomic E-state index is 13.7. The smallest absolute Gasteiger partial charge is 0.162 e. The van der Waals surface area contributed by atoms with Gasteiger partial charge < -0.3 is 15.2 Å². The van der Waals surface area contributed by atoms with Crippen LogP contribution in [0.4, 0.5) is 5.69 Å². The predicted octanol–water partition coefficient (Wildman–Crippen LogP) is 4.40. The molecular formula is C27H26N4O3. The average molecular weight is 455 g/mol. The van der Waals surface area contributed by atoms with Gasteiger partial charge in [0.1, 0.15) is 17.3 Å². The molecule has 0 amide bonds. The lowest BCUT2D eigenvalue weighted by molar-refractivity contribution is -0.118. The van der Waals surface area contributed by atoms with Crippen molar-refractivity contribution < 1.29 is 14.3 Å². The fourth-order valence-corrected chi connectivity index (χ4v) is 5.27. The molecule has 0 radical (unpaired) electrons. The summed E-state index contributed by atoms with van der Waals surface area (Å²) in [4.78, 5) is 20.4. The minimum absolute atomic E-state index is 0.0212. The van der Waals surface area contributed by atoms with Gasteiger partial charge in [-0.1, -0.05) is 26.0 Å². The molecule has 0 unspecified atom stereocenters. The highest BCUT2D eigenvalue weighted by molar-refractivity contribution is 6.08. The van der Waals surface area contributed by atoms with E-state index in [0.717, 1.165) is 16.9 Å². The van der Waals surface area contributed by atoms with Crippen LogP contribution < -0.4 is 20.1 Å². The molecule has 0 spiro atoms. The number of hydrogen-bond donors (Lipinski definition) is 1. The van der Waals surface area contributed by atoms with Crippen LogP contribution in [-0.4, -0.2) is 25.8 Å². The second-order valence-corrected chi connectivity index (χ2v) is 9.54. The number of aliphatic imine (C=N–C) groups is 1. The van der Waals surface area contributed by atoms with Gasteiger partial charge in [-0.3, -0.25) is 9.69 Å². The molecule has 0 aromatic heterocycles. The number of para-hydroxylation sites is 1. The molecular weight excluding hydrogens is 428 g/mol. The molecule has 0 saturated heterocycles. The van der Waals surface area contributed by atoms with E-state index in [9.17, 15) is 10.1 Å². The lowest BCUT2D eigenvalue weighted by atomic mass is 9.68. The van der Waals surface area contributed by atoms with Gasteiger partial charge in [-0.2, -0.15) is 5.26 Å². The third kappa shape index (κ3) is 3.18. The van der Waals surface area contributed by atoms with Gasteiger partial charge >= 0.3 is 0 Å². The summed E-state index contributed by atoms with van der Waals surface area (Å²) in [6.07, 6.45) is 1.05. The second kappa shape index (κ2) is 7.77. The van der Waals surface area contributed by atoms with E-state index in [4.69, 9.17) is 20.2 Å². The zero-order chi connectivity index (χ0) is 24.2. The summed E-state index contributed by atoms with van der Waals surface area (Å²) in [5.74, 6) is 1.37. The minimum Gasteiger partial charge on any atom is -0.497 e. The maximum Gasteiger partial charge on any atom is 0.162 e. The zero-order valence-corrected chi connectivity index (χ0v) is 19.7. The summed E-state index contributed by atoms with van der Waals surface area (Å²) in [7, 11) is 3.16. The average Bonchev–Trinajstić information content (AvgIpc) is 2.82. The van der Waals surface area contributed by atoms with Gasteiger partial charge in [-0.25, -0.2) is 4.99 Å². The lowest BCUT2D eigenvalue weighted by Gasteiger charge is -2.45. The summed E-state index contributed by atoms with van der Waals surface area (Å²) in [6.45, 7) is 4.18. The number of nitrogens with zero attached hydrogens (tertiary/aromatic N) is 3. The second-order valence-electron chi connectivity index (χ2n) is 9.54. The molecule has 2 heterocycles. The molecule has 2 aromatic rings. The Morgan fingerprint density at radius 2 is 1.91 bits per heavy atom. The van der Waals surface area contributed by atoms with Crippen LogP contribution >= 0.6 is 0 Å². The van der Waals surface area contributed by atoms with E-state index < -0.39 is 5.92 Å². The fraction of sp³-hybridized carbons (Fsp3) is 0.296. The summed E-state index contributed by atoms with van der Waals surface area (Å²) in [6, 6.07) is 15.5. The van der Waals surface area contributed by atoms with Crippen LogP contribution in [0.5, 0.6) is 11.5 Å². The van der Waals surface area contributed by atoms with Crippen LogP contribution in [-0.2, 0) is 4.79 Å². The number of anilines is 1. The van der Waals surface area contributed by atoms with Gasteiger partial charge in [-0.05, 0) is 42.2 Å². The molecule has 34 heavy (non-hydrogen) atoms. The number of allylic oxidation sites excluding steroid dienone is 3. The molecule has 0 saturated carbocycles. The molecule has 7 nitrogen and oxygen atoms in total. The first-order chi connectivity index (χ1) is 16.3. The molecule has 0 fully saturated rings. The molecule has 5 rings (SSSR count). The number of carbonyl (C=O) groups excluding carboxylic acids is 1. The number of amidine groups is 1. The maximum absolute atomic E-state index is 13.7. The van der Waals surface area contributed by atoms with Gasteiger partial charge in [0.05, 0.1) is 37.5 Å². The topological polar surface area (TPSA) is 101 Å². The van der Waals surface area contributed by atoms with Crippen molar-refractivity contribution in [2.24, 2.45) is 16.1 Å². The first-order valence-corrected chi connectivity index (χ1v) is 11.2. The Morgan fingerprint density at radius 1 is 1.15 bits per heavy atom. The Labute approximate surface area is 198 Å². The minimum atomic E-state index is -0.637. The summed E-state index contributed by atoms with van der Waals surface area (Å²) >= 11 is 0. The number of nitrogens with two attached hydrogens (primary N) is 1. The summed E-state index contributed by atoms with van der Waals surface area (Å²) in [5, 5.41) is 10.4. The van der Waals surface area contributed by atoms with Crippen LogP contribution in [0.15, 0.2) is 70.1 Å². The van der Waals surface area contributed by atoms with E-state index in [2.05, 4.69) is 19.9 Å². The number of hydrogen-bond acceptors (Lipinski definition) is 7. The number of methoxy groups -OCH3 is 2. The van der Waals surface area contributed by atoms with Crippen molar-refractivity contribution in [3.8, 4) is 17.6 Å². The number of fused-ring (bicyclic) bond motifs is 4. The highest BCUT2D eigenvalue weighted by atomic mass is 16.5. The van der Waals surface area contributed by atoms with Gasteiger partial charge in [-0.15, -0.1) is 0 Å². The lowest BCUT2D eigenvalue weighted by Crippen LogP contribution is -2.42. The van der Waals surface area contributed by atoms with Gasteiger partial charge in [0.2, 0.25) is 0 Å². The highest BCUT2D eigenvalue weighted by Crippen LogP contribution is 2.54. The molecule has 1 atom stereocenters. The SMILES string of the molecule is COc1ccc(OC)c([C@H]2C(C#N)=C3N=C(N)c4ccccc4N3C3=C2C(=O)CC(C)(C)C3)c1. The Kier molecular flexibility index (Phi) is 4.98. The Morgan fingerprint density at radius 3 is 2.62 bits per heavy atom. The molecule has 7 heteroatoms. The molecule has 2 aromatic carbocycles. The summed E-state index contributed by atoms with van der Waals surface area (Å²) < 4.78 is 11.1. The predicted molar refractivity (Wildman–Crippen MR) is 130 cm³/mol. The number of nitriles is 1. The van der Waals surface area contributed by atoms with Crippen LogP contribution in [0.2, 0.25) is 0 Å². The van der Waals surface area contributed by atoms with Gasteiger partial charge in [0.15, 0.2) is 11.6 Å². The number of ketones is 1. The Hall–Kier alpha value is -4.05.